The van der Waals surface area contributed by atoms with Crippen LogP contribution in [0.25, 0.3) is 0 Å². The molecule has 0 saturated carbocycles. The summed E-state index contributed by atoms with van der Waals surface area (Å²) in [6.45, 7) is -0.402. The first-order valence-corrected chi connectivity index (χ1v) is 5.37. The highest BCUT2D eigenvalue weighted by molar-refractivity contribution is 4.92. The SMILES string of the molecule is Cn1c(=O)c(F)cn([C@@H]2C[C@H](O)[C@@H](CO)O2)c1=O. The van der Waals surface area contributed by atoms with E-state index in [4.69, 9.17) is 9.84 Å². The smallest absolute Gasteiger partial charge is 0.333 e. The molecule has 1 aliphatic heterocycles. The van der Waals surface area contributed by atoms with Gasteiger partial charge in [0.15, 0.2) is 0 Å². The van der Waals surface area contributed by atoms with Crippen molar-refractivity contribution in [1.29, 1.82) is 0 Å². The molecule has 1 saturated heterocycles. The van der Waals surface area contributed by atoms with Crippen LogP contribution in [0.15, 0.2) is 15.8 Å². The number of hydrogen-bond acceptors (Lipinski definition) is 5. The Balaban J connectivity index is 2.42. The Morgan fingerprint density at radius 3 is 2.78 bits per heavy atom. The molecule has 0 aliphatic carbocycles. The Kier molecular flexibility index (Phi) is 3.33. The molecular weight excluding hydrogens is 247 g/mol. The summed E-state index contributed by atoms with van der Waals surface area (Å²) in [4.78, 5) is 23.0. The quantitative estimate of drug-likeness (QED) is 0.663. The van der Waals surface area contributed by atoms with Gasteiger partial charge in [0, 0.05) is 13.5 Å². The molecule has 0 bridgehead atoms. The van der Waals surface area contributed by atoms with E-state index in [1.807, 2.05) is 0 Å². The molecular formula is C10H13FN2O5. The van der Waals surface area contributed by atoms with Gasteiger partial charge in [-0.15, -0.1) is 0 Å². The minimum Gasteiger partial charge on any atom is -0.394 e. The molecule has 7 nitrogen and oxygen atoms in total. The van der Waals surface area contributed by atoms with Crippen molar-refractivity contribution < 1.29 is 19.3 Å². The molecule has 0 aromatic carbocycles. The molecule has 8 heteroatoms. The van der Waals surface area contributed by atoms with Crippen molar-refractivity contribution in [2.75, 3.05) is 6.61 Å². The van der Waals surface area contributed by atoms with E-state index in [9.17, 15) is 19.1 Å². The number of halogens is 1. The maximum atomic E-state index is 13.3. The molecule has 2 rings (SSSR count). The molecule has 2 N–H and O–H groups in total. The zero-order valence-corrected chi connectivity index (χ0v) is 9.62. The molecule has 2 heterocycles. The van der Waals surface area contributed by atoms with Crippen LogP contribution in [0, 0.1) is 5.82 Å². The number of ether oxygens (including phenoxy) is 1. The summed E-state index contributed by atoms with van der Waals surface area (Å²) >= 11 is 0. The van der Waals surface area contributed by atoms with E-state index in [2.05, 4.69) is 0 Å². The lowest BCUT2D eigenvalue weighted by molar-refractivity contribution is -0.0465. The molecule has 18 heavy (non-hydrogen) atoms. The van der Waals surface area contributed by atoms with Crippen LogP contribution in [0.3, 0.4) is 0 Å². The molecule has 1 aliphatic rings. The first kappa shape index (κ1) is 12.9. The van der Waals surface area contributed by atoms with Gasteiger partial charge in [-0.3, -0.25) is 13.9 Å². The van der Waals surface area contributed by atoms with E-state index in [0.717, 1.165) is 17.8 Å². The third kappa shape index (κ3) is 1.98. The molecule has 1 aromatic rings. The molecule has 1 fully saturated rings. The summed E-state index contributed by atoms with van der Waals surface area (Å²) in [7, 11) is 1.15. The minimum absolute atomic E-state index is 0.0444. The van der Waals surface area contributed by atoms with Gasteiger partial charge in [0.05, 0.1) is 18.9 Å². The summed E-state index contributed by atoms with van der Waals surface area (Å²) in [6, 6.07) is 0. The van der Waals surface area contributed by atoms with E-state index in [-0.39, 0.29) is 6.42 Å². The lowest BCUT2D eigenvalue weighted by atomic mass is 10.2. The average molecular weight is 260 g/mol. The first-order valence-electron chi connectivity index (χ1n) is 5.37. The zero-order chi connectivity index (χ0) is 13.4. The van der Waals surface area contributed by atoms with Crippen molar-refractivity contribution in [1.82, 2.24) is 9.13 Å². The van der Waals surface area contributed by atoms with Crippen LogP contribution in [0.1, 0.15) is 12.6 Å². The van der Waals surface area contributed by atoms with Gasteiger partial charge in [0.25, 0.3) is 5.56 Å². The van der Waals surface area contributed by atoms with Crippen molar-refractivity contribution in [2.24, 2.45) is 7.05 Å². The van der Waals surface area contributed by atoms with Crippen LogP contribution in [0.4, 0.5) is 4.39 Å². The standard InChI is InChI=1S/C10H13FN2O5/c1-12-9(16)5(11)3-13(10(12)17)8-2-6(15)7(4-14)18-8/h3,6-8,14-15H,2,4H2,1H3/t6-,7+,8-/m0/s1. The molecule has 0 unspecified atom stereocenters. The van der Waals surface area contributed by atoms with Gasteiger partial charge < -0.3 is 14.9 Å². The van der Waals surface area contributed by atoms with E-state index in [1.54, 1.807) is 0 Å². The molecule has 1 aromatic heterocycles. The van der Waals surface area contributed by atoms with Gasteiger partial charge in [-0.1, -0.05) is 0 Å². The number of aliphatic hydroxyl groups is 2. The topological polar surface area (TPSA) is 93.7 Å². The van der Waals surface area contributed by atoms with Crippen LogP contribution in [0.5, 0.6) is 0 Å². The van der Waals surface area contributed by atoms with E-state index >= 15 is 0 Å². The summed E-state index contributed by atoms with van der Waals surface area (Å²) in [5.41, 5.74) is -1.76. The van der Waals surface area contributed by atoms with E-state index < -0.39 is 42.1 Å². The van der Waals surface area contributed by atoms with Crippen LogP contribution >= 0.6 is 0 Å². The highest BCUT2D eigenvalue weighted by atomic mass is 19.1. The number of aliphatic hydroxyl groups excluding tert-OH is 2. The Hall–Kier alpha value is -1.51. The minimum atomic E-state index is -1.08. The fourth-order valence-electron chi connectivity index (χ4n) is 1.91. The maximum absolute atomic E-state index is 13.3. The van der Waals surface area contributed by atoms with Crippen LogP contribution in [0.2, 0.25) is 0 Å². The first-order chi connectivity index (χ1) is 8.45. The number of nitrogens with zero attached hydrogens (tertiary/aromatic N) is 2. The second-order valence-electron chi connectivity index (χ2n) is 4.15. The predicted octanol–water partition coefficient (Wildman–Crippen LogP) is -1.67. The monoisotopic (exact) mass is 260 g/mol. The van der Waals surface area contributed by atoms with Gasteiger partial charge >= 0.3 is 5.69 Å². The largest absolute Gasteiger partial charge is 0.394 e. The Morgan fingerprint density at radius 1 is 1.56 bits per heavy atom. The average Bonchev–Trinajstić information content (AvgIpc) is 2.72. The normalized spacial score (nSPS) is 27.7. The Morgan fingerprint density at radius 2 is 2.22 bits per heavy atom. The van der Waals surface area contributed by atoms with Crippen molar-refractivity contribution in [2.45, 2.75) is 24.9 Å². The fraction of sp³-hybridized carbons (Fsp3) is 0.600. The molecule has 0 amide bonds. The highest BCUT2D eigenvalue weighted by Crippen LogP contribution is 2.27. The molecule has 100 valence electrons. The fourth-order valence-corrected chi connectivity index (χ4v) is 1.91. The lowest BCUT2D eigenvalue weighted by Gasteiger charge is -2.15. The lowest BCUT2D eigenvalue weighted by Crippen LogP contribution is -2.40. The van der Waals surface area contributed by atoms with Gasteiger partial charge in [0.2, 0.25) is 5.82 Å². The van der Waals surface area contributed by atoms with Gasteiger partial charge in [-0.25, -0.2) is 4.79 Å². The molecule has 0 spiro atoms. The van der Waals surface area contributed by atoms with Crippen LogP contribution in [-0.2, 0) is 11.8 Å². The Labute approximate surface area is 101 Å². The van der Waals surface area contributed by atoms with Crippen molar-refractivity contribution >= 4 is 0 Å². The predicted molar refractivity (Wildman–Crippen MR) is 57.5 cm³/mol. The summed E-state index contributed by atoms with van der Waals surface area (Å²) in [5.74, 6) is -1.08. The van der Waals surface area contributed by atoms with Gasteiger partial charge in [-0.2, -0.15) is 4.39 Å². The molecule has 0 radical (unpaired) electrons. The third-order valence-electron chi connectivity index (χ3n) is 2.96. The Bertz CT molecular complexity index is 566. The van der Waals surface area contributed by atoms with Crippen LogP contribution in [-0.4, -0.2) is 38.2 Å². The third-order valence-corrected chi connectivity index (χ3v) is 2.96. The number of aromatic nitrogens is 2. The summed E-state index contributed by atoms with van der Waals surface area (Å²) < 4.78 is 20.0. The van der Waals surface area contributed by atoms with E-state index in [0.29, 0.717) is 4.57 Å². The van der Waals surface area contributed by atoms with Gasteiger partial charge in [-0.05, 0) is 0 Å². The van der Waals surface area contributed by atoms with Crippen molar-refractivity contribution in [3.8, 4) is 0 Å². The van der Waals surface area contributed by atoms with Crippen LogP contribution < -0.4 is 11.2 Å². The summed E-state index contributed by atoms with van der Waals surface area (Å²) in [6.07, 6.45) is -1.86. The number of rotatable bonds is 2. The number of hydrogen-bond donors (Lipinski definition) is 2. The van der Waals surface area contributed by atoms with Gasteiger partial charge in [0.1, 0.15) is 12.3 Å². The van der Waals surface area contributed by atoms with Crippen molar-refractivity contribution in [3.05, 3.63) is 32.9 Å². The van der Waals surface area contributed by atoms with E-state index in [1.165, 1.54) is 0 Å². The molecule has 3 atom stereocenters. The van der Waals surface area contributed by atoms with Crippen molar-refractivity contribution in [3.63, 3.8) is 0 Å². The maximum Gasteiger partial charge on any atom is 0.333 e. The summed E-state index contributed by atoms with van der Waals surface area (Å²) in [5, 5.41) is 18.5. The highest BCUT2D eigenvalue weighted by Gasteiger charge is 2.35. The second-order valence-corrected chi connectivity index (χ2v) is 4.15. The zero-order valence-electron chi connectivity index (χ0n) is 9.62. The second kappa shape index (κ2) is 4.63.